The van der Waals surface area contributed by atoms with E-state index in [1.807, 2.05) is 41.1 Å². The van der Waals surface area contributed by atoms with Crippen LogP contribution in [-0.4, -0.2) is 29.6 Å². The summed E-state index contributed by atoms with van der Waals surface area (Å²) in [5, 5.41) is 1.13. The average Bonchev–Trinajstić information content (AvgIpc) is 3.13. The standard InChI is InChI=1S/C20H19N3O4/c24-19(8-10-23-9-7-14-3-1-2-4-16(14)23)21-22-20(25)15-5-6-17-18(13-15)27-12-11-26-17/h1-7,9,13H,8,10-12H2,(H,21,24)(H,22,25). The first kappa shape index (κ1) is 17.0. The van der Waals surface area contributed by atoms with Gasteiger partial charge < -0.3 is 14.0 Å². The highest BCUT2D eigenvalue weighted by atomic mass is 16.6. The highest BCUT2D eigenvalue weighted by Gasteiger charge is 2.15. The highest BCUT2D eigenvalue weighted by Crippen LogP contribution is 2.30. The van der Waals surface area contributed by atoms with E-state index in [0.29, 0.717) is 36.8 Å². The molecular formula is C20H19N3O4. The topological polar surface area (TPSA) is 81.6 Å². The van der Waals surface area contributed by atoms with Crippen LogP contribution in [0.15, 0.2) is 54.7 Å². The fourth-order valence-corrected chi connectivity index (χ4v) is 3.00. The fraction of sp³-hybridized carbons (Fsp3) is 0.200. The van der Waals surface area contributed by atoms with Crippen molar-refractivity contribution in [1.29, 1.82) is 0 Å². The maximum Gasteiger partial charge on any atom is 0.269 e. The Bertz CT molecular complexity index is 996. The Kier molecular flexibility index (Phi) is 4.65. The van der Waals surface area contributed by atoms with E-state index in [9.17, 15) is 9.59 Å². The summed E-state index contributed by atoms with van der Waals surface area (Å²) in [7, 11) is 0. The molecule has 7 heteroatoms. The van der Waals surface area contributed by atoms with E-state index >= 15 is 0 Å². The molecule has 2 heterocycles. The molecule has 3 aromatic rings. The summed E-state index contributed by atoms with van der Waals surface area (Å²) in [5.74, 6) is 0.464. The molecule has 0 saturated carbocycles. The van der Waals surface area contributed by atoms with Crippen molar-refractivity contribution in [3.8, 4) is 11.5 Å². The summed E-state index contributed by atoms with van der Waals surface area (Å²) in [6.07, 6.45) is 2.20. The molecule has 0 spiro atoms. The van der Waals surface area contributed by atoms with Gasteiger partial charge in [0.15, 0.2) is 11.5 Å². The molecule has 0 atom stereocenters. The third kappa shape index (κ3) is 3.72. The molecule has 4 rings (SSSR count). The van der Waals surface area contributed by atoms with Gasteiger partial charge in [-0.05, 0) is 35.7 Å². The lowest BCUT2D eigenvalue weighted by Crippen LogP contribution is -2.41. The van der Waals surface area contributed by atoms with E-state index < -0.39 is 5.91 Å². The van der Waals surface area contributed by atoms with Crippen LogP contribution < -0.4 is 20.3 Å². The van der Waals surface area contributed by atoms with Crippen molar-refractivity contribution in [1.82, 2.24) is 15.4 Å². The van der Waals surface area contributed by atoms with Gasteiger partial charge in [0, 0.05) is 30.2 Å². The molecule has 0 saturated heterocycles. The van der Waals surface area contributed by atoms with Gasteiger partial charge in [0.1, 0.15) is 13.2 Å². The third-order valence-corrected chi connectivity index (χ3v) is 4.38. The molecule has 2 aromatic carbocycles. The summed E-state index contributed by atoms with van der Waals surface area (Å²) >= 11 is 0. The lowest BCUT2D eigenvalue weighted by molar-refractivity contribution is -0.122. The lowest BCUT2D eigenvalue weighted by Gasteiger charge is -2.18. The van der Waals surface area contributed by atoms with Gasteiger partial charge in [-0.1, -0.05) is 18.2 Å². The van der Waals surface area contributed by atoms with Crippen molar-refractivity contribution in [2.75, 3.05) is 13.2 Å². The maximum atomic E-state index is 12.2. The first-order valence-corrected chi connectivity index (χ1v) is 8.73. The van der Waals surface area contributed by atoms with Gasteiger partial charge in [0.05, 0.1) is 0 Å². The third-order valence-electron chi connectivity index (χ3n) is 4.38. The van der Waals surface area contributed by atoms with Crippen LogP contribution in [-0.2, 0) is 11.3 Å². The maximum absolute atomic E-state index is 12.2. The van der Waals surface area contributed by atoms with Gasteiger partial charge >= 0.3 is 0 Å². The van der Waals surface area contributed by atoms with Crippen molar-refractivity contribution in [2.24, 2.45) is 0 Å². The van der Waals surface area contributed by atoms with E-state index in [1.165, 1.54) is 0 Å². The second-order valence-corrected chi connectivity index (χ2v) is 6.18. The summed E-state index contributed by atoms with van der Waals surface area (Å²) in [6, 6.07) is 14.9. The van der Waals surface area contributed by atoms with Crippen LogP contribution in [0.25, 0.3) is 10.9 Å². The van der Waals surface area contributed by atoms with Gasteiger partial charge in [0.25, 0.3) is 5.91 Å². The van der Waals surface area contributed by atoms with Gasteiger partial charge in [-0.2, -0.15) is 0 Å². The van der Waals surface area contributed by atoms with Crippen molar-refractivity contribution in [2.45, 2.75) is 13.0 Å². The molecule has 0 bridgehead atoms. The van der Waals surface area contributed by atoms with E-state index in [-0.39, 0.29) is 12.3 Å². The van der Waals surface area contributed by atoms with Gasteiger partial charge in [-0.3, -0.25) is 20.4 Å². The van der Waals surface area contributed by atoms with Crippen molar-refractivity contribution in [3.63, 3.8) is 0 Å². The number of fused-ring (bicyclic) bond motifs is 2. The lowest BCUT2D eigenvalue weighted by atomic mass is 10.2. The number of hydrazine groups is 1. The number of carbonyl (C=O) groups excluding carboxylic acids is 2. The molecule has 2 N–H and O–H groups in total. The fourth-order valence-electron chi connectivity index (χ4n) is 3.00. The largest absolute Gasteiger partial charge is 0.486 e. The van der Waals surface area contributed by atoms with E-state index in [4.69, 9.17) is 9.47 Å². The number of nitrogens with zero attached hydrogens (tertiary/aromatic N) is 1. The number of rotatable bonds is 4. The second-order valence-electron chi connectivity index (χ2n) is 6.18. The zero-order valence-electron chi connectivity index (χ0n) is 14.6. The molecule has 1 aliphatic heterocycles. The Morgan fingerprint density at radius 2 is 1.78 bits per heavy atom. The van der Waals surface area contributed by atoms with E-state index in [1.54, 1.807) is 18.2 Å². The predicted molar refractivity (Wildman–Crippen MR) is 99.6 cm³/mol. The van der Waals surface area contributed by atoms with Crippen LogP contribution in [0.5, 0.6) is 11.5 Å². The number of hydrogen-bond acceptors (Lipinski definition) is 4. The second kappa shape index (κ2) is 7.41. The van der Waals surface area contributed by atoms with Crippen molar-refractivity contribution >= 4 is 22.7 Å². The number of amides is 2. The quantitative estimate of drug-likeness (QED) is 0.695. The molecule has 0 aliphatic carbocycles. The van der Waals surface area contributed by atoms with Crippen LogP contribution in [0.2, 0.25) is 0 Å². The molecular weight excluding hydrogens is 346 g/mol. The SMILES string of the molecule is O=C(CCn1ccc2ccccc21)NNC(=O)c1ccc2c(c1)OCCO2. The molecule has 138 valence electrons. The number of para-hydroxylation sites is 1. The smallest absolute Gasteiger partial charge is 0.269 e. The Balaban J connectivity index is 1.30. The van der Waals surface area contributed by atoms with Gasteiger partial charge in [-0.25, -0.2) is 0 Å². The minimum atomic E-state index is -0.410. The molecule has 0 unspecified atom stereocenters. The molecule has 1 aliphatic rings. The molecule has 1 aromatic heterocycles. The Labute approximate surface area is 155 Å². The first-order chi connectivity index (χ1) is 13.2. The number of hydrogen-bond donors (Lipinski definition) is 2. The van der Waals surface area contributed by atoms with Gasteiger partial charge in [-0.15, -0.1) is 0 Å². The monoisotopic (exact) mass is 365 g/mol. The minimum Gasteiger partial charge on any atom is -0.486 e. The predicted octanol–water partition coefficient (Wildman–Crippen LogP) is 2.26. The summed E-state index contributed by atoms with van der Waals surface area (Å²) in [5.41, 5.74) is 6.34. The zero-order valence-corrected chi connectivity index (χ0v) is 14.6. The van der Waals surface area contributed by atoms with E-state index in [0.717, 1.165) is 10.9 Å². The van der Waals surface area contributed by atoms with Crippen LogP contribution in [0.3, 0.4) is 0 Å². The summed E-state index contributed by atoms with van der Waals surface area (Å²) in [4.78, 5) is 24.3. The molecule has 0 fully saturated rings. The average molecular weight is 365 g/mol. The van der Waals surface area contributed by atoms with Crippen LogP contribution in [0.4, 0.5) is 0 Å². The van der Waals surface area contributed by atoms with Crippen molar-refractivity contribution in [3.05, 3.63) is 60.3 Å². The Morgan fingerprint density at radius 1 is 0.963 bits per heavy atom. The zero-order chi connectivity index (χ0) is 18.6. The molecule has 0 radical (unpaired) electrons. The summed E-state index contributed by atoms with van der Waals surface area (Å²) < 4.78 is 12.9. The Hall–Kier alpha value is -3.48. The van der Waals surface area contributed by atoms with Crippen LogP contribution >= 0.6 is 0 Å². The highest BCUT2D eigenvalue weighted by molar-refractivity contribution is 5.96. The van der Waals surface area contributed by atoms with E-state index in [2.05, 4.69) is 10.9 Å². The molecule has 27 heavy (non-hydrogen) atoms. The Morgan fingerprint density at radius 3 is 2.67 bits per heavy atom. The molecule has 7 nitrogen and oxygen atoms in total. The van der Waals surface area contributed by atoms with Crippen LogP contribution in [0, 0.1) is 0 Å². The first-order valence-electron chi connectivity index (χ1n) is 8.73. The number of aryl methyl sites for hydroxylation is 1. The number of carbonyl (C=O) groups is 2. The van der Waals surface area contributed by atoms with Crippen LogP contribution in [0.1, 0.15) is 16.8 Å². The van der Waals surface area contributed by atoms with Gasteiger partial charge in [0.2, 0.25) is 5.91 Å². The number of nitrogens with one attached hydrogen (secondary N) is 2. The minimum absolute atomic E-state index is 0.250. The number of benzene rings is 2. The summed E-state index contributed by atoms with van der Waals surface area (Å²) in [6.45, 7) is 1.47. The molecule has 2 amide bonds. The normalized spacial score (nSPS) is 12.6. The van der Waals surface area contributed by atoms with Crippen molar-refractivity contribution < 1.29 is 19.1 Å². The number of aromatic nitrogens is 1. The number of ether oxygens (including phenoxy) is 2.